The van der Waals surface area contributed by atoms with E-state index >= 15 is 0 Å². The zero-order valence-electron chi connectivity index (χ0n) is 6.82. The van der Waals surface area contributed by atoms with E-state index in [2.05, 4.69) is 26.5 Å². The fourth-order valence-electron chi connectivity index (χ4n) is 0.594. The predicted octanol–water partition coefficient (Wildman–Crippen LogP) is 1.12. The quantitative estimate of drug-likeness (QED) is 0.654. The average Bonchev–Trinajstić information content (AvgIpc) is 2.05. The molecule has 0 aliphatic heterocycles. The van der Waals surface area contributed by atoms with Crippen LogP contribution in [-0.2, 0) is 4.79 Å². The molecule has 12 heavy (non-hydrogen) atoms. The Bertz CT molecular complexity index is 176. The number of carboxylic acids is 1. The Kier molecular flexibility index (Phi) is 5.66. The van der Waals surface area contributed by atoms with E-state index in [-0.39, 0.29) is 4.91 Å². The van der Waals surface area contributed by atoms with Crippen LogP contribution in [0.15, 0.2) is 11.0 Å². The van der Waals surface area contributed by atoms with Crippen molar-refractivity contribution in [2.75, 3.05) is 19.6 Å². The Hall–Kier alpha value is -0.610. The van der Waals surface area contributed by atoms with Crippen molar-refractivity contribution < 1.29 is 9.90 Å². The van der Waals surface area contributed by atoms with Crippen molar-refractivity contribution >= 4 is 18.6 Å². The molecule has 0 aromatic rings. The summed E-state index contributed by atoms with van der Waals surface area (Å²) in [5.41, 5.74) is 0. The zero-order valence-corrected chi connectivity index (χ0v) is 7.64. The maximum Gasteiger partial charge on any atom is 0.346 e. The van der Waals surface area contributed by atoms with Gasteiger partial charge in [-0.05, 0) is 33.0 Å². The van der Waals surface area contributed by atoms with E-state index in [0.29, 0.717) is 19.6 Å². The molecule has 0 heterocycles. The summed E-state index contributed by atoms with van der Waals surface area (Å²) in [5, 5.41) is 8.42. The van der Waals surface area contributed by atoms with Crippen LogP contribution in [0.4, 0.5) is 0 Å². The lowest BCUT2D eigenvalue weighted by Gasteiger charge is -2.14. The summed E-state index contributed by atoms with van der Waals surface area (Å²) in [5.74, 6) is -1.06. The number of aliphatic carboxylic acids is 1. The molecule has 0 aliphatic carbocycles. The van der Waals surface area contributed by atoms with Crippen LogP contribution in [0.25, 0.3) is 0 Å². The van der Waals surface area contributed by atoms with Gasteiger partial charge in [-0.15, -0.1) is 0 Å². The van der Waals surface area contributed by atoms with Gasteiger partial charge in [-0.2, -0.15) is 0 Å². The lowest BCUT2D eigenvalue weighted by molar-refractivity contribution is -0.131. The van der Waals surface area contributed by atoms with Gasteiger partial charge >= 0.3 is 5.97 Å². The highest BCUT2D eigenvalue weighted by Crippen LogP contribution is 2.00. The fourth-order valence-corrected chi connectivity index (χ4v) is 0.668. The number of rotatable bonds is 5. The van der Waals surface area contributed by atoms with E-state index < -0.39 is 5.97 Å². The van der Waals surface area contributed by atoms with Crippen molar-refractivity contribution in [3.05, 3.63) is 24.8 Å². The summed E-state index contributed by atoms with van der Waals surface area (Å²) in [6.07, 6.45) is 1.48. The van der Waals surface area contributed by atoms with Gasteiger partial charge in [-0.25, -0.2) is 4.79 Å². The highest BCUT2D eigenvalue weighted by Gasteiger charge is 2.02. The number of carboxylic acid groups (broad SMARTS) is 1. The SMILES string of the molecule is [CH2]CN(C[CH2])C/C=C(\[S])C(=O)O. The summed E-state index contributed by atoms with van der Waals surface area (Å²) in [7, 11) is 0. The Morgan fingerprint density at radius 3 is 2.33 bits per heavy atom. The van der Waals surface area contributed by atoms with Crippen LogP contribution in [0.2, 0.25) is 0 Å². The second-order valence-electron chi connectivity index (χ2n) is 2.17. The highest BCUT2D eigenvalue weighted by atomic mass is 32.1. The van der Waals surface area contributed by atoms with E-state index in [0.717, 1.165) is 0 Å². The molecule has 0 atom stereocenters. The highest BCUT2D eigenvalue weighted by molar-refractivity contribution is 7.85. The van der Waals surface area contributed by atoms with Gasteiger partial charge in [0.15, 0.2) is 0 Å². The van der Waals surface area contributed by atoms with Crippen LogP contribution in [-0.4, -0.2) is 35.6 Å². The van der Waals surface area contributed by atoms with Crippen molar-refractivity contribution in [2.45, 2.75) is 0 Å². The number of nitrogens with zero attached hydrogens (tertiary/aromatic N) is 1. The molecule has 0 spiro atoms. The van der Waals surface area contributed by atoms with E-state index in [1.165, 1.54) is 6.08 Å². The molecule has 0 fully saturated rings. The topological polar surface area (TPSA) is 40.5 Å². The van der Waals surface area contributed by atoms with E-state index in [4.69, 9.17) is 5.11 Å². The summed E-state index contributed by atoms with van der Waals surface area (Å²) in [4.78, 5) is 12.1. The van der Waals surface area contributed by atoms with Gasteiger partial charge in [0.2, 0.25) is 0 Å². The Balaban J connectivity index is 3.93. The van der Waals surface area contributed by atoms with Crippen molar-refractivity contribution in [2.24, 2.45) is 0 Å². The number of carbonyl (C=O) groups is 1. The molecule has 0 unspecified atom stereocenters. The predicted molar refractivity (Wildman–Crippen MR) is 50.5 cm³/mol. The van der Waals surface area contributed by atoms with Crippen molar-refractivity contribution in [1.82, 2.24) is 4.90 Å². The molecule has 0 saturated carbocycles. The lowest BCUT2D eigenvalue weighted by atomic mass is 10.4. The third kappa shape index (κ3) is 4.31. The summed E-state index contributed by atoms with van der Waals surface area (Å²) < 4.78 is 0. The van der Waals surface area contributed by atoms with Crippen LogP contribution in [0.5, 0.6) is 0 Å². The average molecular weight is 186 g/mol. The molecule has 0 aromatic heterocycles. The third-order valence-electron chi connectivity index (χ3n) is 1.38. The van der Waals surface area contributed by atoms with Gasteiger partial charge in [-0.3, -0.25) is 4.90 Å². The molecule has 0 bridgehead atoms. The Morgan fingerprint density at radius 1 is 1.50 bits per heavy atom. The monoisotopic (exact) mass is 186 g/mol. The molecule has 0 amide bonds. The largest absolute Gasteiger partial charge is 0.477 e. The van der Waals surface area contributed by atoms with Gasteiger partial charge in [-0.1, -0.05) is 12.6 Å². The molecule has 3 nitrogen and oxygen atoms in total. The first-order valence-electron chi connectivity index (χ1n) is 3.53. The van der Waals surface area contributed by atoms with Gasteiger partial charge in [0.05, 0.1) is 0 Å². The minimum atomic E-state index is -1.06. The van der Waals surface area contributed by atoms with Gasteiger partial charge in [0, 0.05) is 6.54 Å². The van der Waals surface area contributed by atoms with Crippen LogP contribution in [0.1, 0.15) is 0 Å². The zero-order chi connectivity index (χ0) is 9.56. The van der Waals surface area contributed by atoms with Crippen LogP contribution in [0, 0.1) is 13.8 Å². The Morgan fingerprint density at radius 2 is 2.00 bits per heavy atom. The smallest absolute Gasteiger partial charge is 0.346 e. The van der Waals surface area contributed by atoms with Gasteiger partial charge < -0.3 is 5.11 Å². The van der Waals surface area contributed by atoms with Crippen LogP contribution >= 0.6 is 12.6 Å². The molecule has 4 heteroatoms. The number of hydrogen-bond acceptors (Lipinski definition) is 2. The molecule has 0 aliphatic rings. The normalized spacial score (nSPS) is 12.1. The summed E-state index contributed by atoms with van der Waals surface area (Å²) in [6, 6.07) is 0. The Labute approximate surface area is 78.5 Å². The molecule has 0 saturated heterocycles. The van der Waals surface area contributed by atoms with E-state index in [1.54, 1.807) is 0 Å². The van der Waals surface area contributed by atoms with Gasteiger partial charge in [0.25, 0.3) is 0 Å². The van der Waals surface area contributed by atoms with Gasteiger partial charge in [0.1, 0.15) is 4.91 Å². The molecule has 1 N–H and O–H groups in total. The summed E-state index contributed by atoms with van der Waals surface area (Å²) >= 11 is 4.57. The standard InChI is InChI=1S/C8H12NO2S/c1-3-9(4-2)6-5-7(12)8(10)11/h5H,1-4,6H2,(H,10,11)/b7-5-. The van der Waals surface area contributed by atoms with E-state index in [1.807, 2.05) is 4.90 Å². The molecule has 67 valence electrons. The second-order valence-corrected chi connectivity index (χ2v) is 2.61. The van der Waals surface area contributed by atoms with Crippen molar-refractivity contribution in [3.8, 4) is 0 Å². The molecule has 0 rings (SSSR count). The van der Waals surface area contributed by atoms with Crippen LogP contribution in [0.3, 0.4) is 0 Å². The fraction of sp³-hybridized carbons (Fsp3) is 0.375. The van der Waals surface area contributed by atoms with E-state index in [9.17, 15) is 4.79 Å². The second kappa shape index (κ2) is 5.97. The van der Waals surface area contributed by atoms with Crippen molar-refractivity contribution in [1.29, 1.82) is 0 Å². The first kappa shape index (κ1) is 11.4. The maximum atomic E-state index is 10.3. The molecular weight excluding hydrogens is 174 g/mol. The van der Waals surface area contributed by atoms with Crippen molar-refractivity contribution in [3.63, 3.8) is 0 Å². The summed E-state index contributed by atoms with van der Waals surface area (Å²) in [6.45, 7) is 9.01. The molecule has 0 aromatic carbocycles. The minimum Gasteiger partial charge on any atom is -0.477 e. The molecular formula is C8H12NO2S. The third-order valence-corrected chi connectivity index (χ3v) is 1.72. The maximum absolute atomic E-state index is 10.3. The lowest BCUT2D eigenvalue weighted by Crippen LogP contribution is -2.23. The number of hydrogen-bond donors (Lipinski definition) is 1. The first-order valence-corrected chi connectivity index (χ1v) is 3.94. The minimum absolute atomic E-state index is 0.0538. The first-order chi connectivity index (χ1) is 5.61. The van der Waals surface area contributed by atoms with Crippen LogP contribution < -0.4 is 0 Å². The molecule has 3 radical (unpaired) electrons.